The summed E-state index contributed by atoms with van der Waals surface area (Å²) in [5, 5.41) is 15.2. The lowest BCUT2D eigenvalue weighted by Gasteiger charge is -2.11. The molecule has 3 aromatic rings. The number of aromatic nitrogens is 3. The molecule has 0 radical (unpaired) electrons. The fraction of sp³-hybridized carbons (Fsp3) is 0.238. The Bertz CT molecular complexity index is 1190. The van der Waals surface area contributed by atoms with Gasteiger partial charge in [0.05, 0.1) is 22.3 Å². The van der Waals surface area contributed by atoms with Crippen molar-refractivity contribution in [2.75, 3.05) is 11.1 Å². The third kappa shape index (κ3) is 5.83. The summed E-state index contributed by atoms with van der Waals surface area (Å²) in [6.45, 7) is 4.13. The summed E-state index contributed by atoms with van der Waals surface area (Å²) in [6.07, 6.45) is 0. The number of nitrogens with one attached hydrogen (secondary N) is 2. The van der Waals surface area contributed by atoms with Crippen LogP contribution in [0, 0.1) is 13.8 Å². The molecular weight excluding hydrogens is 537 g/mol. The van der Waals surface area contributed by atoms with Gasteiger partial charge in [-0.15, -0.1) is 10.2 Å². The van der Waals surface area contributed by atoms with Crippen LogP contribution in [0.2, 0.25) is 10.0 Å². The van der Waals surface area contributed by atoms with Crippen LogP contribution >= 0.6 is 50.9 Å². The lowest BCUT2D eigenvalue weighted by molar-refractivity contribution is -0.113. The van der Waals surface area contributed by atoms with Crippen LogP contribution in [0.15, 0.2) is 40.0 Å². The number of nitrogens with zero attached hydrogens (tertiary/aromatic N) is 3. The van der Waals surface area contributed by atoms with Gasteiger partial charge in [-0.3, -0.25) is 9.59 Å². The van der Waals surface area contributed by atoms with Crippen LogP contribution < -0.4 is 10.6 Å². The van der Waals surface area contributed by atoms with Crippen molar-refractivity contribution in [3.8, 4) is 0 Å². The summed E-state index contributed by atoms with van der Waals surface area (Å²) in [5.41, 5.74) is 3.26. The van der Waals surface area contributed by atoms with Crippen LogP contribution in [-0.4, -0.2) is 32.3 Å². The van der Waals surface area contributed by atoms with E-state index in [4.69, 9.17) is 23.2 Å². The molecule has 3 rings (SSSR count). The highest BCUT2D eigenvalue weighted by atomic mass is 79.9. The molecule has 0 unspecified atom stereocenters. The first-order valence-electron chi connectivity index (χ1n) is 9.47. The molecule has 0 saturated heterocycles. The Kier molecular flexibility index (Phi) is 8.21. The second-order valence-electron chi connectivity index (χ2n) is 6.95. The first-order valence-corrected chi connectivity index (χ1v) is 12.0. The lowest BCUT2D eigenvalue weighted by atomic mass is 10.1. The Morgan fingerprint density at radius 3 is 2.56 bits per heavy atom. The molecule has 32 heavy (non-hydrogen) atoms. The van der Waals surface area contributed by atoms with Gasteiger partial charge >= 0.3 is 0 Å². The van der Waals surface area contributed by atoms with Crippen molar-refractivity contribution in [1.29, 1.82) is 0 Å². The highest BCUT2D eigenvalue weighted by molar-refractivity contribution is 9.10. The highest BCUT2D eigenvalue weighted by Crippen LogP contribution is 2.26. The minimum atomic E-state index is -0.305. The Balaban J connectivity index is 1.55. The number of benzene rings is 2. The number of hydrogen-bond donors (Lipinski definition) is 2. The summed E-state index contributed by atoms with van der Waals surface area (Å²) >= 11 is 16.6. The maximum atomic E-state index is 12.4. The number of carbonyl (C=O) groups is 2. The smallest absolute Gasteiger partial charge is 0.251 e. The molecule has 0 saturated carbocycles. The van der Waals surface area contributed by atoms with Crippen molar-refractivity contribution in [2.45, 2.75) is 25.5 Å². The molecule has 2 N–H and O–H groups in total. The van der Waals surface area contributed by atoms with Gasteiger partial charge in [0, 0.05) is 22.8 Å². The molecule has 0 aliphatic rings. The summed E-state index contributed by atoms with van der Waals surface area (Å²) < 4.78 is 2.74. The number of carbonyl (C=O) groups excluding carboxylic acids is 2. The standard InChI is InChI=1S/C21H20BrCl2N5O2S/c1-11-12(2)17(7-5-14(11)22)26-19(30)10-32-21-28-27-18(29(21)3)9-25-20(31)13-4-6-15(23)16(24)8-13/h4-8H,9-10H2,1-3H3,(H,25,31)(H,26,30). The van der Waals surface area contributed by atoms with E-state index in [1.165, 1.54) is 17.8 Å². The van der Waals surface area contributed by atoms with Gasteiger partial charge in [0.2, 0.25) is 5.91 Å². The fourth-order valence-corrected chi connectivity index (χ4v) is 4.22. The minimum absolute atomic E-state index is 0.141. The van der Waals surface area contributed by atoms with E-state index in [9.17, 15) is 9.59 Å². The molecule has 11 heteroatoms. The summed E-state index contributed by atoms with van der Waals surface area (Å²) in [7, 11) is 1.78. The fourth-order valence-electron chi connectivity index (χ4n) is 2.76. The van der Waals surface area contributed by atoms with Gasteiger partial charge in [0.25, 0.3) is 5.91 Å². The van der Waals surface area contributed by atoms with Crippen molar-refractivity contribution < 1.29 is 9.59 Å². The molecule has 0 aliphatic carbocycles. The van der Waals surface area contributed by atoms with Crippen LogP contribution in [0.5, 0.6) is 0 Å². The molecule has 1 heterocycles. The van der Waals surface area contributed by atoms with Crippen molar-refractivity contribution >= 4 is 68.4 Å². The zero-order valence-corrected chi connectivity index (χ0v) is 21.4. The topological polar surface area (TPSA) is 88.9 Å². The molecule has 0 spiro atoms. The van der Waals surface area contributed by atoms with E-state index >= 15 is 0 Å². The van der Waals surface area contributed by atoms with Gasteiger partial charge in [0.15, 0.2) is 11.0 Å². The second kappa shape index (κ2) is 10.7. The van der Waals surface area contributed by atoms with Crippen LogP contribution in [0.25, 0.3) is 0 Å². The Morgan fingerprint density at radius 1 is 1.09 bits per heavy atom. The number of thioether (sulfide) groups is 1. The average Bonchev–Trinajstić information content (AvgIpc) is 3.12. The molecule has 0 fully saturated rings. The molecule has 0 bridgehead atoms. The van der Waals surface area contributed by atoms with Gasteiger partial charge in [-0.25, -0.2) is 0 Å². The zero-order chi connectivity index (χ0) is 23.4. The number of hydrogen-bond acceptors (Lipinski definition) is 5. The second-order valence-corrected chi connectivity index (χ2v) is 9.56. The zero-order valence-electron chi connectivity index (χ0n) is 17.5. The van der Waals surface area contributed by atoms with Crippen LogP contribution in [0.3, 0.4) is 0 Å². The molecular formula is C21H20BrCl2N5O2S. The minimum Gasteiger partial charge on any atom is -0.345 e. The largest absolute Gasteiger partial charge is 0.345 e. The maximum Gasteiger partial charge on any atom is 0.251 e. The first kappa shape index (κ1) is 24.6. The third-order valence-electron chi connectivity index (χ3n) is 4.84. The van der Waals surface area contributed by atoms with E-state index in [1.807, 2.05) is 26.0 Å². The molecule has 2 aromatic carbocycles. The van der Waals surface area contributed by atoms with Crippen LogP contribution in [-0.2, 0) is 18.4 Å². The van der Waals surface area contributed by atoms with Crippen molar-refractivity contribution in [2.24, 2.45) is 7.05 Å². The van der Waals surface area contributed by atoms with Crippen molar-refractivity contribution in [1.82, 2.24) is 20.1 Å². The summed E-state index contributed by atoms with van der Waals surface area (Å²) in [4.78, 5) is 24.7. The summed E-state index contributed by atoms with van der Waals surface area (Å²) in [6, 6.07) is 8.44. The Labute approximate surface area is 208 Å². The van der Waals surface area contributed by atoms with E-state index in [0.717, 1.165) is 21.3 Å². The highest BCUT2D eigenvalue weighted by Gasteiger charge is 2.14. The Hall–Kier alpha value is -2.07. The SMILES string of the molecule is Cc1c(Br)ccc(NC(=O)CSc2nnc(CNC(=O)c3ccc(Cl)c(Cl)c3)n2C)c1C. The van der Waals surface area contributed by atoms with E-state index in [1.54, 1.807) is 23.7 Å². The maximum absolute atomic E-state index is 12.4. The first-order chi connectivity index (χ1) is 15.2. The predicted molar refractivity (Wildman–Crippen MR) is 132 cm³/mol. The molecule has 1 aromatic heterocycles. The van der Waals surface area contributed by atoms with Gasteiger partial charge in [-0.1, -0.05) is 50.9 Å². The average molecular weight is 557 g/mol. The molecule has 7 nitrogen and oxygen atoms in total. The van der Waals surface area contributed by atoms with Crippen LogP contribution in [0.4, 0.5) is 5.69 Å². The quantitative estimate of drug-likeness (QED) is 0.392. The van der Waals surface area contributed by atoms with E-state index in [2.05, 4.69) is 36.8 Å². The van der Waals surface area contributed by atoms with E-state index in [0.29, 0.717) is 26.6 Å². The van der Waals surface area contributed by atoms with Crippen molar-refractivity contribution in [3.05, 3.63) is 67.4 Å². The van der Waals surface area contributed by atoms with Crippen LogP contribution in [0.1, 0.15) is 27.3 Å². The molecule has 168 valence electrons. The number of rotatable bonds is 7. The number of amides is 2. The lowest BCUT2D eigenvalue weighted by Crippen LogP contribution is -2.24. The third-order valence-corrected chi connectivity index (χ3v) is 7.46. The molecule has 0 aliphatic heterocycles. The monoisotopic (exact) mass is 555 g/mol. The van der Waals surface area contributed by atoms with Gasteiger partial charge < -0.3 is 15.2 Å². The van der Waals surface area contributed by atoms with Gasteiger partial charge in [0.1, 0.15) is 0 Å². The number of anilines is 1. The number of halogens is 3. The molecule has 0 atom stereocenters. The van der Waals surface area contributed by atoms with E-state index < -0.39 is 0 Å². The Morgan fingerprint density at radius 2 is 1.84 bits per heavy atom. The normalized spacial score (nSPS) is 10.8. The van der Waals surface area contributed by atoms with Crippen molar-refractivity contribution in [3.63, 3.8) is 0 Å². The van der Waals surface area contributed by atoms with E-state index in [-0.39, 0.29) is 24.1 Å². The molecule has 2 amide bonds. The predicted octanol–water partition coefficient (Wildman–Crippen LogP) is 5.16. The van der Waals surface area contributed by atoms with Gasteiger partial charge in [-0.05, 0) is 55.3 Å². The van der Waals surface area contributed by atoms with Gasteiger partial charge in [-0.2, -0.15) is 0 Å². The summed E-state index contributed by atoms with van der Waals surface area (Å²) in [5.74, 6) is 0.286.